The van der Waals surface area contributed by atoms with E-state index in [4.69, 9.17) is 19.6 Å². The molecule has 148 valence electrons. The Labute approximate surface area is 169 Å². The Kier molecular flexibility index (Phi) is 5.52. The Balaban J connectivity index is 1.51. The lowest BCUT2D eigenvalue weighted by molar-refractivity contribution is 0.386. The molecule has 0 bridgehead atoms. The topological polar surface area (TPSA) is 61.2 Å². The number of hydrogen-bond donors (Lipinski definition) is 1. The maximum Gasteiger partial charge on any atom is 0.183 e. The van der Waals surface area contributed by atoms with Crippen molar-refractivity contribution >= 4 is 16.5 Å². The molecule has 1 fully saturated rings. The highest BCUT2D eigenvalue weighted by molar-refractivity contribution is 7.19. The second-order valence-corrected chi connectivity index (χ2v) is 8.05. The molecule has 1 aliphatic rings. The van der Waals surface area contributed by atoms with Crippen molar-refractivity contribution in [3.8, 4) is 22.1 Å². The maximum absolute atomic E-state index is 5.48. The van der Waals surface area contributed by atoms with E-state index in [1.54, 1.807) is 25.6 Å². The lowest BCUT2D eigenvalue weighted by Crippen LogP contribution is -2.04. The Hall–Kier alpha value is -2.54. The number of nitrogens with one attached hydrogen (secondary N) is 1. The highest BCUT2D eigenvalue weighted by atomic mass is 32.1. The lowest BCUT2D eigenvalue weighted by atomic mass is 10.1. The summed E-state index contributed by atoms with van der Waals surface area (Å²) in [6.45, 7) is 2.62. The minimum atomic E-state index is 0.553. The van der Waals surface area contributed by atoms with Gasteiger partial charge in [-0.05, 0) is 38.0 Å². The van der Waals surface area contributed by atoms with Crippen LogP contribution in [0.4, 0.5) is 5.13 Å². The maximum atomic E-state index is 5.48. The van der Waals surface area contributed by atoms with Crippen molar-refractivity contribution in [2.45, 2.75) is 45.2 Å². The molecule has 1 aromatic carbocycles. The molecule has 0 saturated heterocycles. The van der Waals surface area contributed by atoms with Gasteiger partial charge in [-0.1, -0.05) is 30.2 Å². The Morgan fingerprint density at radius 1 is 1.14 bits per heavy atom. The fraction of sp³-hybridized carbons (Fsp3) is 0.429. The Bertz CT molecular complexity index is 922. The van der Waals surface area contributed by atoms with Crippen LogP contribution in [0.5, 0.6) is 11.5 Å². The molecule has 0 atom stereocenters. The monoisotopic (exact) mass is 398 g/mol. The average Bonchev–Trinajstić information content (AvgIpc) is 3.46. The van der Waals surface area contributed by atoms with Crippen LogP contribution in [0.2, 0.25) is 0 Å². The fourth-order valence-corrected chi connectivity index (χ4v) is 4.73. The number of benzene rings is 1. The number of aromatic nitrogens is 3. The van der Waals surface area contributed by atoms with Gasteiger partial charge in [0.15, 0.2) is 5.13 Å². The minimum Gasteiger partial charge on any atom is -0.496 e. The first-order valence-corrected chi connectivity index (χ1v) is 10.5. The molecule has 0 radical (unpaired) electrons. The molecule has 4 rings (SSSR count). The quantitative estimate of drug-likeness (QED) is 0.603. The molecule has 0 aliphatic heterocycles. The lowest BCUT2D eigenvalue weighted by Gasteiger charge is -2.13. The van der Waals surface area contributed by atoms with Crippen LogP contribution in [-0.4, -0.2) is 29.0 Å². The van der Waals surface area contributed by atoms with Gasteiger partial charge in [-0.25, -0.2) is 4.98 Å². The molecule has 0 spiro atoms. The summed E-state index contributed by atoms with van der Waals surface area (Å²) < 4.78 is 13.1. The van der Waals surface area contributed by atoms with Crippen LogP contribution in [-0.2, 0) is 6.54 Å². The van der Waals surface area contributed by atoms with Gasteiger partial charge in [-0.2, -0.15) is 5.10 Å². The summed E-state index contributed by atoms with van der Waals surface area (Å²) in [4.78, 5) is 5.81. The normalized spacial score (nSPS) is 14.4. The van der Waals surface area contributed by atoms with E-state index >= 15 is 0 Å². The number of nitrogens with zero attached hydrogens (tertiary/aromatic N) is 3. The molecule has 0 amide bonds. The van der Waals surface area contributed by atoms with Crippen LogP contribution < -0.4 is 14.8 Å². The molecule has 1 saturated carbocycles. The molecule has 6 nitrogen and oxygen atoms in total. The number of ether oxygens (including phenoxy) is 2. The zero-order valence-corrected chi connectivity index (χ0v) is 17.4. The molecule has 1 aliphatic carbocycles. The molecular weight excluding hydrogens is 372 g/mol. The summed E-state index contributed by atoms with van der Waals surface area (Å²) in [7, 11) is 3.34. The molecule has 28 heavy (non-hydrogen) atoms. The Morgan fingerprint density at radius 2 is 1.86 bits per heavy atom. The van der Waals surface area contributed by atoms with Crippen LogP contribution in [0, 0.1) is 6.92 Å². The molecule has 2 aromatic heterocycles. The van der Waals surface area contributed by atoms with Gasteiger partial charge in [0.1, 0.15) is 17.2 Å². The Morgan fingerprint density at radius 3 is 2.54 bits per heavy atom. The first-order valence-electron chi connectivity index (χ1n) is 9.66. The van der Waals surface area contributed by atoms with Crippen LogP contribution >= 0.6 is 11.3 Å². The second-order valence-electron chi connectivity index (χ2n) is 7.05. The first kappa shape index (κ1) is 18.8. The van der Waals surface area contributed by atoms with Gasteiger partial charge >= 0.3 is 0 Å². The van der Waals surface area contributed by atoms with Crippen molar-refractivity contribution in [1.82, 2.24) is 14.8 Å². The summed E-state index contributed by atoms with van der Waals surface area (Å²) >= 11 is 1.63. The number of anilines is 1. The van der Waals surface area contributed by atoms with Crippen LogP contribution in [0.3, 0.4) is 0 Å². The van der Waals surface area contributed by atoms with E-state index in [0.29, 0.717) is 12.6 Å². The zero-order chi connectivity index (χ0) is 19.5. The van der Waals surface area contributed by atoms with Crippen LogP contribution in [0.25, 0.3) is 10.6 Å². The summed E-state index contributed by atoms with van der Waals surface area (Å²) in [5.74, 6) is 1.60. The van der Waals surface area contributed by atoms with Crippen molar-refractivity contribution in [3.63, 3.8) is 0 Å². The molecule has 3 aromatic rings. The van der Waals surface area contributed by atoms with Crippen molar-refractivity contribution < 1.29 is 9.47 Å². The number of hydrogen-bond acceptors (Lipinski definition) is 6. The summed E-state index contributed by atoms with van der Waals surface area (Å²) in [6.07, 6.45) is 7.18. The highest BCUT2D eigenvalue weighted by Gasteiger charge is 2.19. The van der Waals surface area contributed by atoms with Gasteiger partial charge in [-0.3, -0.25) is 4.68 Å². The number of aryl methyl sites for hydroxylation is 1. The van der Waals surface area contributed by atoms with Gasteiger partial charge in [0.05, 0.1) is 36.4 Å². The van der Waals surface area contributed by atoms with E-state index in [2.05, 4.69) is 22.3 Å². The number of methoxy groups -OCH3 is 2. The van der Waals surface area contributed by atoms with Gasteiger partial charge in [0.25, 0.3) is 0 Å². The largest absolute Gasteiger partial charge is 0.496 e. The van der Waals surface area contributed by atoms with E-state index in [1.165, 1.54) is 25.7 Å². The molecule has 7 heteroatoms. The van der Waals surface area contributed by atoms with Crippen molar-refractivity contribution in [1.29, 1.82) is 0 Å². The summed E-state index contributed by atoms with van der Waals surface area (Å²) in [5, 5.41) is 9.12. The van der Waals surface area contributed by atoms with Crippen LogP contribution in [0.15, 0.2) is 30.5 Å². The zero-order valence-electron chi connectivity index (χ0n) is 16.6. The number of rotatable bonds is 7. The van der Waals surface area contributed by atoms with E-state index in [-0.39, 0.29) is 0 Å². The SMILES string of the molecule is COc1cccc(OC)c1CNc1nc(C)c(-c2ccn(C3CCCC3)n2)s1. The smallest absolute Gasteiger partial charge is 0.183 e. The second kappa shape index (κ2) is 8.22. The molecule has 2 heterocycles. The van der Waals surface area contributed by atoms with Gasteiger partial charge in [-0.15, -0.1) is 0 Å². The third-order valence-electron chi connectivity index (χ3n) is 5.28. The average molecular weight is 399 g/mol. The molecule has 0 unspecified atom stereocenters. The predicted molar refractivity (Wildman–Crippen MR) is 112 cm³/mol. The van der Waals surface area contributed by atoms with Gasteiger partial charge in [0.2, 0.25) is 0 Å². The third kappa shape index (κ3) is 3.71. The van der Waals surface area contributed by atoms with Crippen LogP contribution in [0.1, 0.15) is 43.0 Å². The molecular formula is C21H26N4O2S. The third-order valence-corrected chi connectivity index (χ3v) is 6.42. The van der Waals surface area contributed by atoms with Crippen molar-refractivity contribution in [2.75, 3.05) is 19.5 Å². The van der Waals surface area contributed by atoms with E-state index in [0.717, 1.165) is 38.5 Å². The van der Waals surface area contributed by atoms with Gasteiger partial charge in [0, 0.05) is 12.7 Å². The first-order chi connectivity index (χ1) is 13.7. The summed E-state index contributed by atoms with van der Waals surface area (Å²) in [6, 6.07) is 8.46. The standard InChI is InChI=1S/C21H26N4O2S/c1-14-20(17-11-12-25(24-17)15-7-4-5-8-15)28-21(23-14)22-13-16-18(26-2)9-6-10-19(16)27-3/h6,9-12,15H,4-5,7-8,13H2,1-3H3,(H,22,23). The van der Waals surface area contributed by atoms with Crippen molar-refractivity contribution in [3.05, 3.63) is 41.7 Å². The number of thiazole rings is 1. The van der Waals surface area contributed by atoms with Crippen molar-refractivity contribution in [2.24, 2.45) is 0 Å². The van der Waals surface area contributed by atoms with E-state index in [9.17, 15) is 0 Å². The van der Waals surface area contributed by atoms with Gasteiger partial charge < -0.3 is 14.8 Å². The predicted octanol–water partition coefficient (Wildman–Crippen LogP) is 5.06. The van der Waals surface area contributed by atoms with E-state index in [1.807, 2.05) is 25.1 Å². The highest BCUT2D eigenvalue weighted by Crippen LogP contribution is 2.35. The fourth-order valence-electron chi connectivity index (χ4n) is 3.81. The molecule has 1 N–H and O–H groups in total. The summed E-state index contributed by atoms with van der Waals surface area (Å²) in [5.41, 5.74) is 2.98. The van der Waals surface area contributed by atoms with E-state index < -0.39 is 0 Å². The minimum absolute atomic E-state index is 0.553.